The van der Waals surface area contributed by atoms with Gasteiger partial charge in [0.15, 0.2) is 5.82 Å². The van der Waals surface area contributed by atoms with Gasteiger partial charge < -0.3 is 15.4 Å². The van der Waals surface area contributed by atoms with Crippen LogP contribution < -0.4 is 10.6 Å². The second kappa shape index (κ2) is 7.59. The van der Waals surface area contributed by atoms with Gasteiger partial charge in [0, 0.05) is 37.0 Å². The summed E-state index contributed by atoms with van der Waals surface area (Å²) in [5, 5.41) is 16.6. The molecular weight excluding hydrogens is 336 g/mol. The van der Waals surface area contributed by atoms with Crippen LogP contribution in [0.5, 0.6) is 0 Å². The highest BCUT2D eigenvalue weighted by Crippen LogP contribution is 2.35. The van der Waals surface area contributed by atoms with E-state index in [1.807, 2.05) is 19.9 Å². The van der Waals surface area contributed by atoms with Gasteiger partial charge in [0.2, 0.25) is 0 Å². The molecule has 1 aliphatic rings. The lowest BCUT2D eigenvalue weighted by Gasteiger charge is -2.14. The minimum atomic E-state index is -0.375. The van der Waals surface area contributed by atoms with E-state index in [2.05, 4.69) is 25.9 Å². The van der Waals surface area contributed by atoms with Crippen molar-refractivity contribution in [3.63, 3.8) is 0 Å². The van der Waals surface area contributed by atoms with Crippen molar-refractivity contribution < 1.29 is 14.3 Å². The fourth-order valence-electron chi connectivity index (χ4n) is 3.09. The number of alkyl carbamates (subject to hydrolysis) is 1. The first-order chi connectivity index (χ1) is 12.4. The number of carbonyl (C=O) groups excluding carboxylic acids is 2. The van der Waals surface area contributed by atoms with Crippen molar-refractivity contribution in [3.8, 4) is 0 Å². The number of ether oxygens (including phenoxy) is 1. The van der Waals surface area contributed by atoms with E-state index in [0.29, 0.717) is 11.4 Å². The number of hydrogen-bond acceptors (Lipinski definition) is 5. The topological polar surface area (TPSA) is 114 Å². The van der Waals surface area contributed by atoms with Crippen molar-refractivity contribution >= 4 is 17.8 Å². The molecule has 0 radical (unpaired) electrons. The van der Waals surface area contributed by atoms with Crippen LogP contribution >= 0.6 is 0 Å². The van der Waals surface area contributed by atoms with Gasteiger partial charge in [-0.05, 0) is 33.1 Å². The lowest BCUT2D eigenvalue weighted by molar-refractivity contribution is 0.0979. The zero-order valence-corrected chi connectivity index (χ0v) is 15.2. The first-order valence-corrected chi connectivity index (χ1v) is 8.73. The average molecular weight is 360 g/mol. The summed E-state index contributed by atoms with van der Waals surface area (Å²) in [6, 6.07) is 1.88. The second-order valence-corrected chi connectivity index (χ2v) is 6.90. The third kappa shape index (κ3) is 4.41. The number of amides is 2. The number of aromatic amines is 1. The Balaban J connectivity index is 1.53. The van der Waals surface area contributed by atoms with E-state index in [1.54, 1.807) is 17.9 Å². The summed E-state index contributed by atoms with van der Waals surface area (Å²) in [5.74, 6) is 0.438. The lowest BCUT2D eigenvalue weighted by Crippen LogP contribution is -2.33. The predicted molar refractivity (Wildman–Crippen MR) is 94.9 cm³/mol. The molecule has 2 aromatic rings. The van der Waals surface area contributed by atoms with Gasteiger partial charge in [0.05, 0.1) is 11.8 Å². The normalized spacial score (nSPS) is 19.5. The predicted octanol–water partition coefficient (Wildman–Crippen LogP) is 2.17. The number of nitrogens with one attached hydrogen (secondary N) is 3. The van der Waals surface area contributed by atoms with Crippen molar-refractivity contribution in [1.82, 2.24) is 25.3 Å². The summed E-state index contributed by atoms with van der Waals surface area (Å²) in [7, 11) is 1.75. The molecule has 3 rings (SSSR count). The van der Waals surface area contributed by atoms with Crippen LogP contribution in [0, 0.1) is 0 Å². The molecule has 0 bridgehead atoms. The third-order valence-corrected chi connectivity index (χ3v) is 4.31. The van der Waals surface area contributed by atoms with Gasteiger partial charge in [0.25, 0.3) is 5.91 Å². The Kier molecular flexibility index (Phi) is 5.24. The summed E-state index contributed by atoms with van der Waals surface area (Å²) in [5.41, 5.74) is 1.41. The van der Waals surface area contributed by atoms with Crippen molar-refractivity contribution in [2.75, 3.05) is 5.32 Å². The number of aromatic nitrogens is 4. The van der Waals surface area contributed by atoms with Crippen LogP contribution in [-0.4, -0.2) is 44.1 Å². The van der Waals surface area contributed by atoms with Gasteiger partial charge in [-0.25, -0.2) is 4.79 Å². The molecule has 0 aliphatic heterocycles. The summed E-state index contributed by atoms with van der Waals surface area (Å²) < 4.78 is 7.01. The molecule has 2 atom stereocenters. The highest BCUT2D eigenvalue weighted by molar-refractivity contribution is 6.03. The van der Waals surface area contributed by atoms with E-state index >= 15 is 0 Å². The maximum Gasteiger partial charge on any atom is 0.407 e. The molecule has 0 aromatic carbocycles. The number of rotatable bonds is 5. The fourth-order valence-corrected chi connectivity index (χ4v) is 3.09. The molecule has 9 nitrogen and oxygen atoms in total. The number of carbonyl (C=O) groups is 2. The van der Waals surface area contributed by atoms with Crippen molar-refractivity contribution in [2.24, 2.45) is 7.05 Å². The Hall–Kier alpha value is -2.84. The summed E-state index contributed by atoms with van der Waals surface area (Å²) in [6.07, 6.45) is 5.12. The van der Waals surface area contributed by atoms with Crippen LogP contribution in [0.4, 0.5) is 10.6 Å². The first kappa shape index (κ1) is 18.0. The van der Waals surface area contributed by atoms with Crippen LogP contribution in [0.25, 0.3) is 0 Å². The van der Waals surface area contributed by atoms with E-state index in [1.165, 1.54) is 6.20 Å². The van der Waals surface area contributed by atoms with Gasteiger partial charge in [-0.3, -0.25) is 14.6 Å². The first-order valence-electron chi connectivity index (χ1n) is 8.73. The quantitative estimate of drug-likeness (QED) is 0.756. The Bertz CT molecular complexity index is 781. The van der Waals surface area contributed by atoms with E-state index < -0.39 is 0 Å². The van der Waals surface area contributed by atoms with Gasteiger partial charge in [-0.1, -0.05) is 0 Å². The number of nitrogens with zero attached hydrogens (tertiary/aromatic N) is 3. The van der Waals surface area contributed by atoms with Gasteiger partial charge in [-0.15, -0.1) is 0 Å². The molecule has 9 heteroatoms. The molecule has 2 amide bonds. The number of anilines is 1. The van der Waals surface area contributed by atoms with E-state index in [9.17, 15) is 9.59 Å². The Morgan fingerprint density at radius 3 is 2.88 bits per heavy atom. The Morgan fingerprint density at radius 2 is 2.19 bits per heavy atom. The minimum Gasteiger partial charge on any atom is -0.446 e. The van der Waals surface area contributed by atoms with E-state index in [-0.39, 0.29) is 30.1 Å². The number of H-pyrrole nitrogens is 1. The largest absolute Gasteiger partial charge is 0.446 e. The van der Waals surface area contributed by atoms with Gasteiger partial charge in [0.1, 0.15) is 6.10 Å². The standard InChI is InChI=1S/C17H24N6O3/c1-10(2)19-17(25)26-13-5-4-11(6-13)14-7-15(22-21-14)20-16(24)12-8-18-23(3)9-12/h7-11,13H,4-6H2,1-3H3,(H,19,25)(H2,20,21,22,24). The second-order valence-electron chi connectivity index (χ2n) is 6.90. The summed E-state index contributed by atoms with van der Waals surface area (Å²) >= 11 is 0. The lowest BCUT2D eigenvalue weighted by atomic mass is 10.0. The van der Waals surface area contributed by atoms with Crippen LogP contribution in [0.2, 0.25) is 0 Å². The van der Waals surface area contributed by atoms with Crippen LogP contribution in [0.3, 0.4) is 0 Å². The third-order valence-electron chi connectivity index (χ3n) is 4.31. The van der Waals surface area contributed by atoms with Crippen molar-refractivity contribution in [1.29, 1.82) is 0 Å². The maximum atomic E-state index is 12.1. The molecule has 3 N–H and O–H groups in total. The maximum absolute atomic E-state index is 12.1. The van der Waals surface area contributed by atoms with E-state index in [4.69, 9.17) is 4.74 Å². The average Bonchev–Trinajstić information content (AvgIpc) is 3.27. The van der Waals surface area contributed by atoms with Crippen LogP contribution in [0.1, 0.15) is 55.1 Å². The minimum absolute atomic E-state index is 0.0540. The fraction of sp³-hybridized carbons (Fsp3) is 0.529. The molecule has 1 fully saturated rings. The van der Waals surface area contributed by atoms with Crippen LogP contribution in [-0.2, 0) is 11.8 Å². The Morgan fingerprint density at radius 1 is 1.38 bits per heavy atom. The van der Waals surface area contributed by atoms with Crippen LogP contribution in [0.15, 0.2) is 18.5 Å². The Labute approximate surface area is 151 Å². The zero-order valence-electron chi connectivity index (χ0n) is 15.2. The van der Waals surface area contributed by atoms with Crippen molar-refractivity contribution in [3.05, 3.63) is 29.7 Å². The summed E-state index contributed by atoms with van der Waals surface area (Å²) in [6.45, 7) is 3.79. The van der Waals surface area contributed by atoms with Crippen molar-refractivity contribution in [2.45, 2.75) is 51.2 Å². The zero-order chi connectivity index (χ0) is 18.7. The molecule has 0 spiro atoms. The molecule has 0 saturated heterocycles. The monoisotopic (exact) mass is 360 g/mol. The SMILES string of the molecule is CC(C)NC(=O)OC1CCC(c2cc(NC(=O)c3cnn(C)c3)n[nH]2)C1. The number of aryl methyl sites for hydroxylation is 1. The molecule has 2 heterocycles. The smallest absolute Gasteiger partial charge is 0.407 e. The molecule has 2 unspecified atom stereocenters. The molecule has 140 valence electrons. The highest BCUT2D eigenvalue weighted by Gasteiger charge is 2.30. The number of hydrogen-bond donors (Lipinski definition) is 3. The molecule has 1 aliphatic carbocycles. The molecule has 1 saturated carbocycles. The summed E-state index contributed by atoms with van der Waals surface area (Å²) in [4.78, 5) is 23.8. The molecule has 26 heavy (non-hydrogen) atoms. The van der Waals surface area contributed by atoms with E-state index in [0.717, 1.165) is 25.0 Å². The van der Waals surface area contributed by atoms with Gasteiger partial charge >= 0.3 is 6.09 Å². The highest BCUT2D eigenvalue weighted by atomic mass is 16.6. The molecule has 2 aromatic heterocycles. The molecular formula is C17H24N6O3. The van der Waals surface area contributed by atoms with Gasteiger partial charge in [-0.2, -0.15) is 10.2 Å².